The topological polar surface area (TPSA) is 38.3 Å². The van der Waals surface area contributed by atoms with Gasteiger partial charge in [-0.1, -0.05) is 29.8 Å². The summed E-state index contributed by atoms with van der Waals surface area (Å²) < 4.78 is 4.65. The normalized spacial score (nSPS) is 12.2. The minimum atomic E-state index is -0.506. The summed E-state index contributed by atoms with van der Waals surface area (Å²) in [5.74, 6) is -0.347. The van der Waals surface area contributed by atoms with Gasteiger partial charge in [0.15, 0.2) is 0 Å². The lowest BCUT2D eigenvalue weighted by Gasteiger charge is -2.14. The van der Waals surface area contributed by atoms with Crippen molar-refractivity contribution in [1.82, 2.24) is 5.32 Å². The van der Waals surface area contributed by atoms with Gasteiger partial charge in [0.05, 0.1) is 7.11 Å². The van der Waals surface area contributed by atoms with Crippen LogP contribution in [-0.4, -0.2) is 20.1 Å². The smallest absolute Gasteiger partial charge is 0.327 e. The number of carbonyl (C=O) groups is 1. The number of carbonyl (C=O) groups excluding carboxylic acids is 1. The lowest BCUT2D eigenvalue weighted by atomic mass is 10.1. The summed E-state index contributed by atoms with van der Waals surface area (Å²) in [5.41, 5.74) is 0.725. The maximum absolute atomic E-state index is 11.4. The third-order valence-corrected chi connectivity index (χ3v) is 2.29. The maximum atomic E-state index is 11.4. The molecule has 0 aliphatic rings. The van der Waals surface area contributed by atoms with E-state index in [1.807, 2.05) is 12.1 Å². The average molecular weight is 214 g/mol. The van der Waals surface area contributed by atoms with E-state index >= 15 is 0 Å². The number of nitrogens with one attached hydrogen (secondary N) is 1. The van der Waals surface area contributed by atoms with Crippen LogP contribution in [0.15, 0.2) is 24.3 Å². The monoisotopic (exact) mass is 213 g/mol. The third-order valence-electron chi connectivity index (χ3n) is 1.94. The Balaban J connectivity index is 3.01. The maximum Gasteiger partial charge on any atom is 0.327 e. The number of benzene rings is 1. The molecule has 0 radical (unpaired) electrons. The van der Waals surface area contributed by atoms with Crippen LogP contribution in [0.3, 0.4) is 0 Å². The number of hydrogen-bond donors (Lipinski definition) is 1. The van der Waals surface area contributed by atoms with Crippen molar-refractivity contribution in [3.63, 3.8) is 0 Å². The van der Waals surface area contributed by atoms with Crippen molar-refractivity contribution in [3.05, 3.63) is 34.9 Å². The van der Waals surface area contributed by atoms with E-state index in [1.54, 1.807) is 19.2 Å². The third kappa shape index (κ3) is 2.25. The molecule has 0 aromatic heterocycles. The van der Waals surface area contributed by atoms with Crippen molar-refractivity contribution in [2.75, 3.05) is 14.2 Å². The summed E-state index contributed by atoms with van der Waals surface area (Å²) in [6, 6.07) is 6.67. The van der Waals surface area contributed by atoms with E-state index in [0.29, 0.717) is 5.02 Å². The van der Waals surface area contributed by atoms with Crippen LogP contribution in [-0.2, 0) is 9.53 Å². The number of hydrogen-bond acceptors (Lipinski definition) is 3. The highest BCUT2D eigenvalue weighted by Gasteiger charge is 2.20. The van der Waals surface area contributed by atoms with E-state index in [4.69, 9.17) is 11.6 Å². The van der Waals surface area contributed by atoms with Crippen LogP contribution in [0.1, 0.15) is 11.6 Å². The fourth-order valence-corrected chi connectivity index (χ4v) is 1.47. The molecule has 76 valence electrons. The number of rotatable bonds is 3. The molecule has 0 aliphatic heterocycles. The zero-order valence-corrected chi connectivity index (χ0v) is 8.84. The number of likely N-dealkylation sites (N-methyl/N-ethyl adjacent to an activating group) is 1. The van der Waals surface area contributed by atoms with Crippen molar-refractivity contribution >= 4 is 17.6 Å². The van der Waals surface area contributed by atoms with E-state index in [0.717, 1.165) is 5.56 Å². The predicted molar refractivity (Wildman–Crippen MR) is 55.3 cm³/mol. The molecular formula is C10H12ClNO2. The number of methoxy groups -OCH3 is 1. The van der Waals surface area contributed by atoms with Gasteiger partial charge in [-0.15, -0.1) is 0 Å². The first kappa shape index (κ1) is 11.0. The van der Waals surface area contributed by atoms with Crippen LogP contribution in [0.2, 0.25) is 5.02 Å². The van der Waals surface area contributed by atoms with Crippen LogP contribution in [0.4, 0.5) is 0 Å². The van der Waals surface area contributed by atoms with Gasteiger partial charge in [-0.3, -0.25) is 0 Å². The minimum absolute atomic E-state index is 0.347. The van der Waals surface area contributed by atoms with Gasteiger partial charge < -0.3 is 10.1 Å². The van der Waals surface area contributed by atoms with E-state index in [2.05, 4.69) is 10.1 Å². The number of esters is 1. The van der Waals surface area contributed by atoms with Crippen molar-refractivity contribution in [2.24, 2.45) is 0 Å². The highest BCUT2D eigenvalue weighted by molar-refractivity contribution is 6.31. The van der Waals surface area contributed by atoms with E-state index in [9.17, 15) is 4.79 Å². The largest absolute Gasteiger partial charge is 0.468 e. The molecular weight excluding hydrogens is 202 g/mol. The highest BCUT2D eigenvalue weighted by atomic mass is 35.5. The minimum Gasteiger partial charge on any atom is -0.468 e. The molecule has 0 saturated carbocycles. The van der Waals surface area contributed by atoms with Gasteiger partial charge in [0.25, 0.3) is 0 Å². The van der Waals surface area contributed by atoms with Gasteiger partial charge in [-0.05, 0) is 18.7 Å². The van der Waals surface area contributed by atoms with Crippen LogP contribution in [0, 0.1) is 0 Å². The summed E-state index contributed by atoms with van der Waals surface area (Å²) in [4.78, 5) is 11.4. The van der Waals surface area contributed by atoms with Gasteiger partial charge in [-0.25, -0.2) is 4.79 Å². The molecule has 1 atom stereocenters. The molecule has 4 heteroatoms. The summed E-state index contributed by atoms with van der Waals surface area (Å²) in [6.45, 7) is 0. The molecule has 14 heavy (non-hydrogen) atoms. The van der Waals surface area contributed by atoms with Gasteiger partial charge >= 0.3 is 5.97 Å². The molecule has 1 N–H and O–H groups in total. The Hall–Kier alpha value is -1.06. The fourth-order valence-electron chi connectivity index (χ4n) is 1.23. The zero-order valence-electron chi connectivity index (χ0n) is 8.08. The molecule has 1 rings (SSSR count). The average Bonchev–Trinajstić information content (AvgIpc) is 2.21. The van der Waals surface area contributed by atoms with Crippen LogP contribution < -0.4 is 5.32 Å². The van der Waals surface area contributed by atoms with Gasteiger partial charge in [-0.2, -0.15) is 0 Å². The Bertz CT molecular complexity index is 328. The zero-order chi connectivity index (χ0) is 10.6. The first-order valence-electron chi connectivity index (χ1n) is 4.20. The van der Waals surface area contributed by atoms with Crippen molar-refractivity contribution in [3.8, 4) is 0 Å². The molecule has 0 amide bonds. The molecule has 0 unspecified atom stereocenters. The molecule has 0 bridgehead atoms. The standard InChI is InChI=1S/C10H12ClNO2/c1-12-9(10(13)14-2)7-5-3-4-6-8(7)11/h3-6,9,12H,1-2H3/t9-/m0/s1. The van der Waals surface area contributed by atoms with Gasteiger partial charge in [0, 0.05) is 5.02 Å². The fraction of sp³-hybridized carbons (Fsp3) is 0.300. The van der Waals surface area contributed by atoms with Crippen molar-refractivity contribution in [2.45, 2.75) is 6.04 Å². The first-order valence-corrected chi connectivity index (χ1v) is 4.58. The molecule has 0 aliphatic carbocycles. The molecule has 0 heterocycles. The molecule has 0 spiro atoms. The molecule has 0 saturated heterocycles. The van der Waals surface area contributed by atoms with Gasteiger partial charge in [0.1, 0.15) is 6.04 Å². The lowest BCUT2D eigenvalue weighted by molar-refractivity contribution is -0.143. The van der Waals surface area contributed by atoms with E-state index in [-0.39, 0.29) is 5.97 Å². The van der Waals surface area contributed by atoms with Crippen molar-refractivity contribution < 1.29 is 9.53 Å². The highest BCUT2D eigenvalue weighted by Crippen LogP contribution is 2.22. The Morgan fingerprint density at radius 1 is 1.50 bits per heavy atom. The van der Waals surface area contributed by atoms with Crippen molar-refractivity contribution in [1.29, 1.82) is 0 Å². The molecule has 1 aromatic rings. The van der Waals surface area contributed by atoms with Crippen LogP contribution >= 0.6 is 11.6 Å². The lowest BCUT2D eigenvalue weighted by Crippen LogP contribution is -2.26. The summed E-state index contributed by atoms with van der Waals surface area (Å²) in [5, 5.41) is 3.40. The summed E-state index contributed by atoms with van der Waals surface area (Å²) in [7, 11) is 3.04. The Morgan fingerprint density at radius 3 is 2.64 bits per heavy atom. The molecule has 3 nitrogen and oxygen atoms in total. The van der Waals surface area contributed by atoms with Crippen LogP contribution in [0.5, 0.6) is 0 Å². The molecule has 1 aromatic carbocycles. The summed E-state index contributed by atoms with van der Waals surface area (Å²) in [6.07, 6.45) is 0. The summed E-state index contributed by atoms with van der Waals surface area (Å²) >= 11 is 5.95. The Labute approximate surface area is 88.0 Å². The second-order valence-corrected chi connectivity index (χ2v) is 3.17. The first-order chi connectivity index (χ1) is 6.70. The second kappa shape index (κ2) is 4.98. The quantitative estimate of drug-likeness (QED) is 0.778. The SMILES string of the molecule is CN[C@H](C(=O)OC)c1ccccc1Cl. The van der Waals surface area contributed by atoms with Gasteiger partial charge in [0.2, 0.25) is 0 Å². The van der Waals surface area contributed by atoms with E-state index in [1.165, 1.54) is 7.11 Å². The Kier molecular flexibility index (Phi) is 3.92. The number of halogens is 1. The second-order valence-electron chi connectivity index (χ2n) is 2.77. The van der Waals surface area contributed by atoms with E-state index < -0.39 is 6.04 Å². The molecule has 0 fully saturated rings. The number of ether oxygens (including phenoxy) is 1. The predicted octanol–water partition coefficient (Wildman–Crippen LogP) is 1.77. The van der Waals surface area contributed by atoms with Crippen LogP contribution in [0.25, 0.3) is 0 Å². The Morgan fingerprint density at radius 2 is 2.14 bits per heavy atom.